The van der Waals surface area contributed by atoms with Crippen LogP contribution in [-0.4, -0.2) is 34.8 Å². The van der Waals surface area contributed by atoms with Gasteiger partial charge in [-0.2, -0.15) is 0 Å². The molecule has 0 spiro atoms. The van der Waals surface area contributed by atoms with Crippen LogP contribution in [0.3, 0.4) is 0 Å². The van der Waals surface area contributed by atoms with Gasteiger partial charge in [0, 0.05) is 6.20 Å². The number of fused-ring (bicyclic) bond motifs is 1. The molecule has 3 rings (SSSR count). The third kappa shape index (κ3) is 3.08. The SMILES string of the molecule is COC(=O)c1ccn2c(COc3ccc(OC)cc3)nnc2c1. The summed E-state index contributed by atoms with van der Waals surface area (Å²) in [6.45, 7) is 0.255. The Kier molecular flexibility index (Phi) is 4.09. The Hall–Kier alpha value is -3.09. The first-order chi connectivity index (χ1) is 11.2. The van der Waals surface area contributed by atoms with Crippen LogP contribution in [-0.2, 0) is 11.3 Å². The Bertz CT molecular complexity index is 827. The average molecular weight is 313 g/mol. The van der Waals surface area contributed by atoms with Gasteiger partial charge < -0.3 is 14.2 Å². The fraction of sp³-hybridized carbons (Fsp3) is 0.188. The van der Waals surface area contributed by atoms with E-state index in [-0.39, 0.29) is 6.61 Å². The maximum atomic E-state index is 11.5. The second-order valence-electron chi connectivity index (χ2n) is 4.72. The van der Waals surface area contributed by atoms with Crippen LogP contribution in [0.25, 0.3) is 5.65 Å². The number of rotatable bonds is 5. The number of hydrogen-bond acceptors (Lipinski definition) is 6. The lowest BCUT2D eigenvalue weighted by Crippen LogP contribution is -2.04. The second-order valence-corrected chi connectivity index (χ2v) is 4.72. The zero-order valence-electron chi connectivity index (χ0n) is 12.7. The zero-order valence-corrected chi connectivity index (χ0v) is 12.7. The van der Waals surface area contributed by atoms with Crippen LogP contribution in [0.2, 0.25) is 0 Å². The van der Waals surface area contributed by atoms with E-state index in [1.165, 1.54) is 7.11 Å². The zero-order chi connectivity index (χ0) is 16.2. The number of nitrogens with zero attached hydrogens (tertiary/aromatic N) is 3. The van der Waals surface area contributed by atoms with Crippen molar-refractivity contribution in [3.63, 3.8) is 0 Å². The summed E-state index contributed by atoms with van der Waals surface area (Å²) in [5, 5.41) is 8.12. The average Bonchev–Trinajstić information content (AvgIpc) is 3.02. The van der Waals surface area contributed by atoms with Crippen LogP contribution in [0.1, 0.15) is 16.2 Å². The van der Waals surface area contributed by atoms with Crippen LogP contribution in [0.5, 0.6) is 11.5 Å². The minimum atomic E-state index is -0.411. The molecule has 1 aromatic carbocycles. The summed E-state index contributed by atoms with van der Waals surface area (Å²) in [7, 11) is 2.95. The van der Waals surface area contributed by atoms with Gasteiger partial charge in [0.25, 0.3) is 0 Å². The maximum Gasteiger partial charge on any atom is 0.338 e. The molecule has 0 atom stereocenters. The summed E-state index contributed by atoms with van der Waals surface area (Å²) in [5.41, 5.74) is 0.983. The quantitative estimate of drug-likeness (QED) is 0.672. The van der Waals surface area contributed by atoms with Crippen molar-refractivity contribution in [2.75, 3.05) is 14.2 Å². The van der Waals surface area contributed by atoms with Crippen molar-refractivity contribution in [2.45, 2.75) is 6.61 Å². The van der Waals surface area contributed by atoms with Crippen molar-refractivity contribution in [3.8, 4) is 11.5 Å². The molecule has 118 valence electrons. The molecule has 0 N–H and O–H groups in total. The fourth-order valence-corrected chi connectivity index (χ4v) is 2.10. The van der Waals surface area contributed by atoms with Gasteiger partial charge in [-0.15, -0.1) is 10.2 Å². The highest BCUT2D eigenvalue weighted by molar-refractivity contribution is 5.90. The first-order valence-electron chi connectivity index (χ1n) is 6.90. The number of esters is 1. The largest absolute Gasteiger partial charge is 0.497 e. The molecule has 7 heteroatoms. The molecule has 0 saturated carbocycles. The van der Waals surface area contributed by atoms with Gasteiger partial charge in [0.2, 0.25) is 0 Å². The first kappa shape index (κ1) is 14.8. The molecule has 0 unspecified atom stereocenters. The Morgan fingerprint density at radius 2 is 1.83 bits per heavy atom. The molecule has 2 heterocycles. The number of methoxy groups -OCH3 is 2. The van der Waals surface area contributed by atoms with E-state index in [2.05, 4.69) is 14.9 Å². The van der Waals surface area contributed by atoms with E-state index in [0.29, 0.717) is 22.8 Å². The molecule has 0 bridgehead atoms. The summed E-state index contributed by atoms with van der Waals surface area (Å²) in [6.07, 6.45) is 1.72. The minimum absolute atomic E-state index is 0.255. The summed E-state index contributed by atoms with van der Waals surface area (Å²) in [6, 6.07) is 10.5. The Morgan fingerprint density at radius 1 is 1.09 bits per heavy atom. The maximum absolute atomic E-state index is 11.5. The summed E-state index contributed by atoms with van der Waals surface area (Å²) in [4.78, 5) is 11.5. The molecular weight excluding hydrogens is 298 g/mol. The lowest BCUT2D eigenvalue weighted by Gasteiger charge is -2.06. The van der Waals surface area contributed by atoms with E-state index in [1.807, 2.05) is 24.3 Å². The Labute approximate surface area is 132 Å². The third-order valence-corrected chi connectivity index (χ3v) is 3.33. The molecule has 7 nitrogen and oxygen atoms in total. The van der Waals surface area contributed by atoms with E-state index < -0.39 is 5.97 Å². The van der Waals surface area contributed by atoms with Gasteiger partial charge in [-0.1, -0.05) is 0 Å². The Balaban J connectivity index is 1.76. The monoisotopic (exact) mass is 313 g/mol. The number of aromatic nitrogens is 3. The summed E-state index contributed by atoms with van der Waals surface area (Å²) >= 11 is 0. The standard InChI is InChI=1S/C16H15N3O4/c1-21-12-3-5-13(6-4-12)23-10-15-18-17-14-9-11(16(20)22-2)7-8-19(14)15/h3-9H,10H2,1-2H3. The predicted molar refractivity (Wildman–Crippen MR) is 81.7 cm³/mol. The lowest BCUT2D eigenvalue weighted by atomic mass is 10.2. The van der Waals surface area contributed by atoms with E-state index in [9.17, 15) is 4.79 Å². The van der Waals surface area contributed by atoms with E-state index in [4.69, 9.17) is 9.47 Å². The van der Waals surface area contributed by atoms with Crippen LogP contribution < -0.4 is 9.47 Å². The number of ether oxygens (including phenoxy) is 3. The first-order valence-corrected chi connectivity index (χ1v) is 6.90. The molecule has 0 fully saturated rings. The molecule has 0 amide bonds. The molecule has 2 aromatic heterocycles. The number of benzene rings is 1. The Morgan fingerprint density at radius 3 is 2.52 bits per heavy atom. The molecule has 23 heavy (non-hydrogen) atoms. The number of hydrogen-bond donors (Lipinski definition) is 0. The van der Waals surface area contributed by atoms with Crippen LogP contribution >= 0.6 is 0 Å². The number of carbonyl (C=O) groups is 1. The highest BCUT2D eigenvalue weighted by Gasteiger charge is 2.11. The predicted octanol–water partition coefficient (Wildman–Crippen LogP) is 2.10. The molecule has 0 saturated heterocycles. The fourth-order valence-electron chi connectivity index (χ4n) is 2.10. The van der Waals surface area contributed by atoms with E-state index >= 15 is 0 Å². The van der Waals surface area contributed by atoms with Crippen LogP contribution in [0.4, 0.5) is 0 Å². The van der Waals surface area contributed by atoms with Gasteiger partial charge in [-0.3, -0.25) is 4.40 Å². The molecule has 0 radical (unpaired) electrons. The second kappa shape index (κ2) is 6.35. The number of carbonyl (C=O) groups excluding carboxylic acids is 1. The summed E-state index contributed by atoms with van der Waals surface area (Å²) < 4.78 is 17.2. The number of pyridine rings is 1. The molecule has 0 aliphatic carbocycles. The molecule has 3 aromatic rings. The normalized spacial score (nSPS) is 10.5. The van der Waals surface area contributed by atoms with Crippen LogP contribution in [0, 0.1) is 0 Å². The van der Waals surface area contributed by atoms with Crippen molar-refractivity contribution in [1.82, 2.24) is 14.6 Å². The van der Waals surface area contributed by atoms with Gasteiger partial charge in [0.15, 0.2) is 11.5 Å². The summed E-state index contributed by atoms with van der Waals surface area (Å²) in [5.74, 6) is 1.69. The van der Waals surface area contributed by atoms with Gasteiger partial charge >= 0.3 is 5.97 Å². The highest BCUT2D eigenvalue weighted by atomic mass is 16.5. The van der Waals surface area contributed by atoms with Gasteiger partial charge in [-0.05, 0) is 36.4 Å². The van der Waals surface area contributed by atoms with Crippen molar-refractivity contribution in [1.29, 1.82) is 0 Å². The topological polar surface area (TPSA) is 75.0 Å². The van der Waals surface area contributed by atoms with Crippen molar-refractivity contribution >= 4 is 11.6 Å². The third-order valence-electron chi connectivity index (χ3n) is 3.33. The highest BCUT2D eigenvalue weighted by Crippen LogP contribution is 2.18. The smallest absolute Gasteiger partial charge is 0.338 e. The molecule has 0 aliphatic rings. The van der Waals surface area contributed by atoms with E-state index in [1.54, 1.807) is 29.8 Å². The van der Waals surface area contributed by atoms with Crippen molar-refractivity contribution < 1.29 is 19.0 Å². The van der Waals surface area contributed by atoms with Gasteiger partial charge in [0.05, 0.1) is 19.8 Å². The van der Waals surface area contributed by atoms with Crippen molar-refractivity contribution in [3.05, 3.63) is 54.0 Å². The van der Waals surface area contributed by atoms with Crippen molar-refractivity contribution in [2.24, 2.45) is 0 Å². The minimum Gasteiger partial charge on any atom is -0.497 e. The molecular formula is C16H15N3O4. The van der Waals surface area contributed by atoms with Gasteiger partial charge in [0.1, 0.15) is 18.1 Å². The van der Waals surface area contributed by atoms with E-state index in [0.717, 1.165) is 5.75 Å². The van der Waals surface area contributed by atoms with Crippen LogP contribution in [0.15, 0.2) is 42.6 Å². The lowest BCUT2D eigenvalue weighted by molar-refractivity contribution is 0.0600. The van der Waals surface area contributed by atoms with Gasteiger partial charge in [-0.25, -0.2) is 4.79 Å². The molecule has 0 aliphatic heterocycles.